The fourth-order valence-corrected chi connectivity index (χ4v) is 3.40. The third-order valence-electron chi connectivity index (χ3n) is 5.00. The van der Waals surface area contributed by atoms with E-state index in [2.05, 4.69) is 5.32 Å². The van der Waals surface area contributed by atoms with E-state index in [4.69, 9.17) is 5.11 Å². The van der Waals surface area contributed by atoms with Crippen LogP contribution in [0.1, 0.15) is 47.0 Å². The Morgan fingerprint density at radius 2 is 1.42 bits per heavy atom. The molecule has 0 bridgehead atoms. The van der Waals surface area contributed by atoms with Crippen molar-refractivity contribution in [1.82, 2.24) is 0 Å². The summed E-state index contributed by atoms with van der Waals surface area (Å²) in [4.78, 5) is 49.8. The molecule has 166 valence electrons. The van der Waals surface area contributed by atoms with E-state index < -0.39 is 41.1 Å². The zero-order chi connectivity index (χ0) is 23.9. The molecule has 0 fully saturated rings. The summed E-state index contributed by atoms with van der Waals surface area (Å²) in [5, 5.41) is 11.3. The first-order valence-corrected chi connectivity index (χ1v) is 9.41. The first-order valence-electron chi connectivity index (χ1n) is 9.41. The Morgan fingerprint density at radius 3 is 2.06 bits per heavy atom. The molecule has 7 nitrogen and oxygen atoms in total. The van der Waals surface area contributed by atoms with Crippen LogP contribution in [-0.2, 0) is 6.18 Å². The third kappa shape index (κ3) is 3.93. The molecule has 0 atom stereocenters. The molecule has 2 N–H and O–H groups in total. The Hall–Kier alpha value is -4.47. The minimum absolute atomic E-state index is 0.000463. The topological polar surface area (TPSA) is 104 Å². The Bertz CT molecular complexity index is 1320. The Kier molecular flexibility index (Phi) is 5.21. The second-order valence-corrected chi connectivity index (χ2v) is 7.06. The van der Waals surface area contributed by atoms with Crippen molar-refractivity contribution < 1.29 is 37.5 Å². The van der Waals surface area contributed by atoms with Crippen molar-refractivity contribution in [3.63, 3.8) is 0 Å². The molecule has 1 aliphatic heterocycles. The number of carbonyl (C=O) groups excluding carboxylic acids is 3. The highest BCUT2D eigenvalue weighted by Gasteiger charge is 2.37. The molecule has 4 rings (SSSR count). The van der Waals surface area contributed by atoms with Crippen molar-refractivity contribution in [1.29, 1.82) is 0 Å². The lowest BCUT2D eigenvalue weighted by molar-refractivity contribution is -0.136. The largest absolute Gasteiger partial charge is 0.478 e. The van der Waals surface area contributed by atoms with Crippen LogP contribution in [-0.4, -0.2) is 28.8 Å². The maximum atomic E-state index is 13.1. The van der Waals surface area contributed by atoms with Gasteiger partial charge in [0.25, 0.3) is 17.7 Å². The second-order valence-electron chi connectivity index (χ2n) is 7.06. The fourth-order valence-electron chi connectivity index (χ4n) is 3.40. The summed E-state index contributed by atoms with van der Waals surface area (Å²) in [7, 11) is 0. The maximum absolute atomic E-state index is 13.1. The highest BCUT2D eigenvalue weighted by atomic mass is 19.4. The number of carboxylic acids is 1. The molecule has 3 aromatic carbocycles. The number of anilines is 2. The summed E-state index contributed by atoms with van der Waals surface area (Å²) in [5.41, 5.74) is -1.47. The minimum Gasteiger partial charge on any atom is -0.478 e. The monoisotopic (exact) mass is 454 g/mol. The molecule has 0 aromatic heterocycles. The van der Waals surface area contributed by atoms with Crippen molar-refractivity contribution in [3.8, 4) is 0 Å². The van der Waals surface area contributed by atoms with Crippen LogP contribution in [0.25, 0.3) is 0 Å². The van der Waals surface area contributed by atoms with Gasteiger partial charge in [0.15, 0.2) is 0 Å². The number of hydrogen-bond donors (Lipinski definition) is 2. The normalized spacial score (nSPS) is 13.1. The van der Waals surface area contributed by atoms with E-state index in [9.17, 15) is 32.3 Å². The summed E-state index contributed by atoms with van der Waals surface area (Å²) >= 11 is 0. The molecular formula is C23H13F3N2O5. The number of para-hydroxylation sites is 1. The number of imide groups is 1. The number of benzene rings is 3. The second kappa shape index (κ2) is 7.90. The number of amides is 3. The van der Waals surface area contributed by atoms with Gasteiger partial charge in [-0.25, -0.2) is 9.69 Å². The molecule has 0 spiro atoms. The molecule has 0 unspecified atom stereocenters. The van der Waals surface area contributed by atoms with Crippen molar-refractivity contribution in [2.24, 2.45) is 0 Å². The van der Waals surface area contributed by atoms with Gasteiger partial charge < -0.3 is 10.4 Å². The van der Waals surface area contributed by atoms with E-state index in [1.54, 1.807) is 0 Å². The van der Waals surface area contributed by atoms with E-state index >= 15 is 0 Å². The number of carbonyl (C=O) groups is 4. The van der Waals surface area contributed by atoms with Crippen LogP contribution in [0.3, 0.4) is 0 Å². The molecule has 33 heavy (non-hydrogen) atoms. The van der Waals surface area contributed by atoms with Crippen LogP contribution < -0.4 is 10.2 Å². The van der Waals surface area contributed by atoms with E-state index in [0.717, 1.165) is 23.1 Å². The van der Waals surface area contributed by atoms with Crippen LogP contribution in [0.5, 0.6) is 0 Å². The SMILES string of the molecule is O=C(O)c1ccc2c(c1)C(=O)N(c1ccc(C(=O)Nc3ccccc3C(F)(F)F)cc1)C2=O. The van der Waals surface area contributed by atoms with Gasteiger partial charge in [-0.15, -0.1) is 0 Å². The Labute approximate surface area is 184 Å². The Balaban J connectivity index is 1.57. The summed E-state index contributed by atoms with van der Waals surface area (Å²) < 4.78 is 39.4. The number of nitrogens with one attached hydrogen (secondary N) is 1. The lowest BCUT2D eigenvalue weighted by Gasteiger charge is -2.15. The van der Waals surface area contributed by atoms with Crippen molar-refractivity contribution >= 4 is 35.1 Å². The standard InChI is InChI=1S/C23H13F3N2O5/c24-23(25,26)17-3-1-2-4-18(17)27-19(29)12-5-8-14(9-6-12)28-20(30)15-10-7-13(22(32)33)11-16(15)21(28)31/h1-11H,(H,27,29)(H,32,33). The maximum Gasteiger partial charge on any atom is 0.418 e. The van der Waals surface area contributed by atoms with Gasteiger partial charge in [0.1, 0.15) is 0 Å². The smallest absolute Gasteiger partial charge is 0.418 e. The number of alkyl halides is 3. The number of fused-ring (bicyclic) bond motifs is 1. The highest BCUT2D eigenvalue weighted by Crippen LogP contribution is 2.35. The number of aromatic carboxylic acids is 1. The zero-order valence-corrected chi connectivity index (χ0v) is 16.5. The molecule has 1 heterocycles. The van der Waals surface area contributed by atoms with Crippen molar-refractivity contribution in [3.05, 3.63) is 94.5 Å². The van der Waals surface area contributed by atoms with E-state index in [1.807, 2.05) is 0 Å². The van der Waals surface area contributed by atoms with Gasteiger partial charge in [-0.1, -0.05) is 12.1 Å². The molecule has 0 saturated carbocycles. The Morgan fingerprint density at radius 1 is 0.818 bits per heavy atom. The van der Waals surface area contributed by atoms with Crippen LogP contribution >= 0.6 is 0 Å². The van der Waals surface area contributed by atoms with Gasteiger partial charge in [-0.05, 0) is 54.6 Å². The van der Waals surface area contributed by atoms with Gasteiger partial charge in [-0.3, -0.25) is 14.4 Å². The first-order chi connectivity index (χ1) is 15.6. The van der Waals surface area contributed by atoms with Crippen molar-refractivity contribution in [2.75, 3.05) is 10.2 Å². The van der Waals surface area contributed by atoms with Gasteiger partial charge in [0.2, 0.25) is 0 Å². The van der Waals surface area contributed by atoms with Gasteiger partial charge in [-0.2, -0.15) is 13.2 Å². The fraction of sp³-hybridized carbons (Fsp3) is 0.0435. The average molecular weight is 454 g/mol. The van der Waals surface area contributed by atoms with E-state index in [1.165, 1.54) is 48.5 Å². The molecular weight excluding hydrogens is 441 g/mol. The number of halogens is 3. The highest BCUT2D eigenvalue weighted by molar-refractivity contribution is 6.34. The number of carboxylic acid groups (broad SMARTS) is 1. The predicted molar refractivity (Wildman–Crippen MR) is 110 cm³/mol. The van der Waals surface area contributed by atoms with Crippen LogP contribution in [0, 0.1) is 0 Å². The third-order valence-corrected chi connectivity index (χ3v) is 5.00. The zero-order valence-electron chi connectivity index (χ0n) is 16.5. The summed E-state index contributed by atoms with van der Waals surface area (Å²) in [6.45, 7) is 0. The molecule has 3 aromatic rings. The molecule has 10 heteroatoms. The van der Waals surface area contributed by atoms with Gasteiger partial charge >= 0.3 is 12.1 Å². The molecule has 0 radical (unpaired) electrons. The van der Waals surface area contributed by atoms with E-state index in [-0.39, 0.29) is 27.9 Å². The molecule has 0 aliphatic carbocycles. The molecule has 3 amide bonds. The van der Waals surface area contributed by atoms with Gasteiger partial charge in [0, 0.05) is 5.56 Å². The van der Waals surface area contributed by atoms with Crippen LogP contribution in [0.2, 0.25) is 0 Å². The van der Waals surface area contributed by atoms with E-state index in [0.29, 0.717) is 0 Å². The first kappa shape index (κ1) is 21.8. The summed E-state index contributed by atoms with van der Waals surface area (Å²) in [6, 6.07) is 13.2. The molecule has 0 saturated heterocycles. The lowest BCUT2D eigenvalue weighted by Crippen LogP contribution is -2.29. The molecule has 1 aliphatic rings. The minimum atomic E-state index is -4.65. The predicted octanol–water partition coefficient (Wildman–Crippen LogP) is 4.46. The summed E-state index contributed by atoms with van der Waals surface area (Å²) in [5.74, 6) is -3.46. The summed E-state index contributed by atoms with van der Waals surface area (Å²) in [6.07, 6.45) is -4.65. The number of nitrogens with zero attached hydrogens (tertiary/aromatic N) is 1. The van der Waals surface area contributed by atoms with Gasteiger partial charge in [0.05, 0.1) is 33.6 Å². The average Bonchev–Trinajstić information content (AvgIpc) is 3.03. The number of hydrogen-bond acceptors (Lipinski definition) is 4. The lowest BCUT2D eigenvalue weighted by atomic mass is 10.1. The van der Waals surface area contributed by atoms with Crippen LogP contribution in [0.4, 0.5) is 24.5 Å². The van der Waals surface area contributed by atoms with Crippen LogP contribution in [0.15, 0.2) is 66.7 Å². The number of rotatable bonds is 4. The quantitative estimate of drug-likeness (QED) is 0.567. The van der Waals surface area contributed by atoms with Crippen molar-refractivity contribution in [2.45, 2.75) is 6.18 Å².